The van der Waals surface area contributed by atoms with Crippen molar-refractivity contribution in [1.82, 2.24) is 9.97 Å². The van der Waals surface area contributed by atoms with Crippen LogP contribution in [0.1, 0.15) is 17.3 Å². The number of carbonyl (C=O) groups is 1. The Bertz CT molecular complexity index is 969. The molecule has 27 heavy (non-hydrogen) atoms. The molecule has 1 saturated heterocycles. The SMILES string of the molecule is CCOC(=O)c1csc2ncnc(N3CCN(c4cccc(Cl)c4)CC3)c12. The number of nitrogens with zero attached hydrogens (tertiary/aromatic N) is 4. The molecule has 2 aromatic heterocycles. The van der Waals surface area contributed by atoms with Gasteiger partial charge in [-0.1, -0.05) is 17.7 Å². The molecule has 8 heteroatoms. The zero-order valence-electron chi connectivity index (χ0n) is 14.9. The van der Waals surface area contributed by atoms with Crippen LogP contribution in [0.15, 0.2) is 36.0 Å². The van der Waals surface area contributed by atoms with Gasteiger partial charge in [-0.15, -0.1) is 11.3 Å². The molecule has 0 bridgehead atoms. The second-order valence-corrected chi connectivity index (χ2v) is 7.50. The first-order valence-electron chi connectivity index (χ1n) is 8.82. The number of benzene rings is 1. The van der Waals surface area contributed by atoms with Gasteiger partial charge in [0.1, 0.15) is 17.0 Å². The van der Waals surface area contributed by atoms with E-state index in [-0.39, 0.29) is 5.97 Å². The number of fused-ring (bicyclic) bond motifs is 1. The Labute approximate surface area is 166 Å². The van der Waals surface area contributed by atoms with Crippen molar-refractivity contribution in [2.24, 2.45) is 0 Å². The second-order valence-electron chi connectivity index (χ2n) is 6.20. The van der Waals surface area contributed by atoms with Crippen molar-refractivity contribution >= 4 is 50.6 Å². The smallest absolute Gasteiger partial charge is 0.339 e. The zero-order chi connectivity index (χ0) is 18.8. The van der Waals surface area contributed by atoms with Gasteiger partial charge in [-0.3, -0.25) is 0 Å². The molecule has 1 fully saturated rings. The standard InChI is InChI=1S/C19H19ClN4O2S/c1-2-26-19(25)15-11-27-18-16(15)17(21-12-22-18)24-8-6-23(7-9-24)14-5-3-4-13(20)10-14/h3-5,10-12H,2,6-9H2,1H3. The Kier molecular flexibility index (Phi) is 5.13. The summed E-state index contributed by atoms with van der Waals surface area (Å²) in [5, 5.41) is 3.34. The predicted molar refractivity (Wildman–Crippen MR) is 109 cm³/mol. The first-order chi connectivity index (χ1) is 13.2. The monoisotopic (exact) mass is 402 g/mol. The number of ether oxygens (including phenoxy) is 1. The molecule has 140 valence electrons. The van der Waals surface area contributed by atoms with Gasteiger partial charge in [0.05, 0.1) is 17.6 Å². The summed E-state index contributed by atoms with van der Waals surface area (Å²) in [7, 11) is 0. The molecule has 0 N–H and O–H groups in total. The molecule has 3 aromatic rings. The number of hydrogen-bond acceptors (Lipinski definition) is 7. The second kappa shape index (κ2) is 7.70. The molecular weight excluding hydrogens is 384 g/mol. The normalized spacial score (nSPS) is 14.6. The van der Waals surface area contributed by atoms with Crippen molar-refractivity contribution in [3.05, 3.63) is 46.6 Å². The summed E-state index contributed by atoms with van der Waals surface area (Å²) in [6, 6.07) is 7.90. The van der Waals surface area contributed by atoms with Gasteiger partial charge in [-0.2, -0.15) is 0 Å². The molecule has 0 aliphatic carbocycles. The van der Waals surface area contributed by atoms with Gasteiger partial charge in [0, 0.05) is 42.3 Å². The quantitative estimate of drug-likeness (QED) is 0.618. The van der Waals surface area contributed by atoms with Crippen molar-refractivity contribution in [1.29, 1.82) is 0 Å². The average molecular weight is 403 g/mol. The number of aromatic nitrogens is 2. The molecule has 1 aliphatic rings. The molecular formula is C19H19ClN4O2S. The molecule has 4 rings (SSSR count). The summed E-state index contributed by atoms with van der Waals surface area (Å²) in [6.07, 6.45) is 1.56. The highest BCUT2D eigenvalue weighted by Gasteiger charge is 2.24. The number of carbonyl (C=O) groups excluding carboxylic acids is 1. The summed E-state index contributed by atoms with van der Waals surface area (Å²) < 4.78 is 5.20. The fourth-order valence-electron chi connectivity index (χ4n) is 3.31. The molecule has 6 nitrogen and oxygen atoms in total. The lowest BCUT2D eigenvalue weighted by atomic mass is 10.2. The Morgan fingerprint density at radius 1 is 1.22 bits per heavy atom. The number of piperazine rings is 1. The molecule has 0 saturated carbocycles. The predicted octanol–water partition coefficient (Wildman–Crippen LogP) is 3.85. The molecule has 3 heterocycles. The highest BCUT2D eigenvalue weighted by Crippen LogP contribution is 2.33. The van der Waals surface area contributed by atoms with Gasteiger partial charge in [0.2, 0.25) is 0 Å². The Morgan fingerprint density at radius 2 is 2.00 bits per heavy atom. The van der Waals surface area contributed by atoms with Crippen LogP contribution in [0, 0.1) is 0 Å². The van der Waals surface area contributed by atoms with E-state index < -0.39 is 0 Å². The van der Waals surface area contributed by atoms with E-state index in [9.17, 15) is 4.79 Å². The Hall–Kier alpha value is -2.38. The van der Waals surface area contributed by atoms with Crippen LogP contribution in [0.3, 0.4) is 0 Å². The van der Waals surface area contributed by atoms with Crippen LogP contribution in [0.4, 0.5) is 11.5 Å². The van der Waals surface area contributed by atoms with Crippen LogP contribution in [0.2, 0.25) is 5.02 Å². The third kappa shape index (κ3) is 3.57. The van der Waals surface area contributed by atoms with E-state index in [1.807, 2.05) is 23.6 Å². The third-order valence-electron chi connectivity index (χ3n) is 4.60. The minimum Gasteiger partial charge on any atom is -0.462 e. The first kappa shape index (κ1) is 18.0. The van der Waals surface area contributed by atoms with Crippen molar-refractivity contribution in [2.75, 3.05) is 42.6 Å². The molecule has 0 spiro atoms. The maximum atomic E-state index is 12.3. The van der Waals surface area contributed by atoms with E-state index in [0.29, 0.717) is 12.2 Å². The van der Waals surface area contributed by atoms with Crippen molar-refractivity contribution in [3.63, 3.8) is 0 Å². The molecule has 0 radical (unpaired) electrons. The van der Waals surface area contributed by atoms with Crippen LogP contribution in [0.25, 0.3) is 10.2 Å². The van der Waals surface area contributed by atoms with E-state index in [1.54, 1.807) is 13.3 Å². The van der Waals surface area contributed by atoms with Gasteiger partial charge in [-0.05, 0) is 25.1 Å². The lowest BCUT2D eigenvalue weighted by Crippen LogP contribution is -2.47. The summed E-state index contributed by atoms with van der Waals surface area (Å²) >= 11 is 7.56. The lowest BCUT2D eigenvalue weighted by Gasteiger charge is -2.37. The number of esters is 1. The van der Waals surface area contributed by atoms with Crippen LogP contribution in [0.5, 0.6) is 0 Å². The highest BCUT2D eigenvalue weighted by atomic mass is 35.5. The minimum absolute atomic E-state index is 0.322. The van der Waals surface area contributed by atoms with Crippen molar-refractivity contribution in [3.8, 4) is 0 Å². The van der Waals surface area contributed by atoms with Crippen LogP contribution in [-0.4, -0.2) is 48.7 Å². The topological polar surface area (TPSA) is 58.6 Å². The van der Waals surface area contributed by atoms with Gasteiger partial charge in [-0.25, -0.2) is 14.8 Å². The lowest BCUT2D eigenvalue weighted by molar-refractivity contribution is 0.0529. The molecule has 1 aromatic carbocycles. The summed E-state index contributed by atoms with van der Waals surface area (Å²) in [4.78, 5) is 26.4. The fourth-order valence-corrected chi connectivity index (χ4v) is 4.36. The number of rotatable bonds is 4. The average Bonchev–Trinajstić information content (AvgIpc) is 3.13. The van der Waals surface area contributed by atoms with E-state index in [0.717, 1.165) is 52.9 Å². The van der Waals surface area contributed by atoms with Crippen molar-refractivity contribution in [2.45, 2.75) is 6.92 Å². The minimum atomic E-state index is -0.322. The van der Waals surface area contributed by atoms with E-state index in [4.69, 9.17) is 16.3 Å². The van der Waals surface area contributed by atoms with E-state index in [2.05, 4.69) is 25.8 Å². The van der Waals surface area contributed by atoms with Gasteiger partial charge in [0.25, 0.3) is 0 Å². The summed E-state index contributed by atoms with van der Waals surface area (Å²) in [6.45, 7) is 5.46. The fraction of sp³-hybridized carbons (Fsp3) is 0.316. The van der Waals surface area contributed by atoms with E-state index >= 15 is 0 Å². The van der Waals surface area contributed by atoms with Crippen LogP contribution >= 0.6 is 22.9 Å². The Morgan fingerprint density at radius 3 is 2.74 bits per heavy atom. The summed E-state index contributed by atoms with van der Waals surface area (Å²) in [5.74, 6) is 0.479. The maximum Gasteiger partial charge on any atom is 0.339 e. The van der Waals surface area contributed by atoms with E-state index in [1.165, 1.54) is 11.3 Å². The number of thiophene rings is 1. The largest absolute Gasteiger partial charge is 0.462 e. The molecule has 0 amide bonds. The van der Waals surface area contributed by atoms with Gasteiger partial charge >= 0.3 is 5.97 Å². The zero-order valence-corrected chi connectivity index (χ0v) is 16.5. The third-order valence-corrected chi connectivity index (χ3v) is 5.72. The number of halogens is 1. The van der Waals surface area contributed by atoms with Crippen molar-refractivity contribution < 1.29 is 9.53 Å². The first-order valence-corrected chi connectivity index (χ1v) is 10.1. The van der Waals surface area contributed by atoms with Gasteiger partial charge in [0.15, 0.2) is 0 Å². The van der Waals surface area contributed by atoms with Crippen LogP contribution < -0.4 is 9.80 Å². The number of hydrogen-bond donors (Lipinski definition) is 0. The molecule has 1 aliphatic heterocycles. The van der Waals surface area contributed by atoms with Gasteiger partial charge < -0.3 is 14.5 Å². The summed E-state index contributed by atoms with van der Waals surface area (Å²) in [5.41, 5.74) is 1.67. The molecule has 0 atom stereocenters. The Balaban J connectivity index is 1.59. The van der Waals surface area contributed by atoms with Crippen LogP contribution in [-0.2, 0) is 4.74 Å². The maximum absolute atomic E-state index is 12.3. The highest BCUT2D eigenvalue weighted by molar-refractivity contribution is 7.17. The number of anilines is 2. The molecule has 0 unspecified atom stereocenters.